The molecule has 0 saturated carbocycles. The number of pyridine rings is 2. The number of fused-ring (bicyclic) bond motifs is 2. The molecule has 0 radical (unpaired) electrons. The average molecular weight is 1010 g/mol. The van der Waals surface area contributed by atoms with Crippen molar-refractivity contribution < 1.29 is 43.1 Å². The number of thioether (sulfide) groups is 2. The molecular weight excluding hydrogens is 951 g/mol. The molecule has 2 aromatic heterocycles. The van der Waals surface area contributed by atoms with E-state index < -0.39 is 0 Å². The fraction of sp³-hybridized carbons (Fsp3) is 0.240. The summed E-state index contributed by atoms with van der Waals surface area (Å²) in [5.74, 6) is 2.07. The minimum Gasteiger partial charge on any atom is -1.00 e. The van der Waals surface area contributed by atoms with Crippen molar-refractivity contribution in [2.75, 3.05) is 47.5 Å². The number of aromatic nitrogens is 2. The summed E-state index contributed by atoms with van der Waals surface area (Å²) in [6.45, 7) is 21.0. The predicted molar refractivity (Wildman–Crippen MR) is 255 cm³/mol. The van der Waals surface area contributed by atoms with E-state index >= 15 is 0 Å². The molecule has 0 N–H and O–H groups in total. The van der Waals surface area contributed by atoms with E-state index in [0.717, 1.165) is 97.5 Å². The van der Waals surface area contributed by atoms with Crippen LogP contribution in [-0.4, -0.2) is 37.7 Å². The largest absolute Gasteiger partial charge is 1.00 e. The van der Waals surface area contributed by atoms with E-state index in [9.17, 15) is 0 Å². The number of halogens is 4. The summed E-state index contributed by atoms with van der Waals surface area (Å²) in [4.78, 5) is 7.42. The first kappa shape index (κ1) is 49.2. The van der Waals surface area contributed by atoms with E-state index in [-0.39, 0.29) is 34.0 Å². The van der Waals surface area contributed by atoms with E-state index in [1.807, 2.05) is 60.0 Å². The zero-order chi connectivity index (χ0) is 40.7. The van der Waals surface area contributed by atoms with Crippen molar-refractivity contribution in [3.05, 3.63) is 181 Å². The summed E-state index contributed by atoms with van der Waals surface area (Å²) in [6.07, 6.45) is 16.0. The van der Waals surface area contributed by atoms with Gasteiger partial charge in [-0.2, -0.15) is 9.13 Å². The molecule has 0 fully saturated rings. The van der Waals surface area contributed by atoms with Gasteiger partial charge in [0, 0.05) is 92.9 Å². The third kappa shape index (κ3) is 13.5. The van der Waals surface area contributed by atoms with E-state index in [1.54, 1.807) is 0 Å². The van der Waals surface area contributed by atoms with Crippen LogP contribution in [0.4, 0.5) is 11.4 Å². The second-order valence-electron chi connectivity index (χ2n) is 14.2. The Kier molecular flexibility index (Phi) is 20.8. The Labute approximate surface area is 397 Å². The first-order valence-corrected chi connectivity index (χ1v) is 22.7. The summed E-state index contributed by atoms with van der Waals surface area (Å²) < 4.78 is 4.60. The van der Waals surface area contributed by atoms with Crippen LogP contribution in [0.2, 0.25) is 10.0 Å². The highest BCUT2D eigenvalue weighted by molar-refractivity contribution is 8.03. The molecule has 0 amide bonds. The topological polar surface area (TPSA) is 14.2 Å². The SMILES string of the molecule is C=CCCN(CCC=C)c1cc[n+](Cc2ccc(SCCSc3ccc(C[n+]4ccc(N(CCC=C)CCC=C)c5ccc(Cl)cc54)cc3)cc2)c2cc(Cl)ccc12.[Br-].[Br-]. The van der Waals surface area contributed by atoms with Gasteiger partial charge < -0.3 is 43.8 Å². The second-order valence-corrected chi connectivity index (χ2v) is 17.5. The summed E-state index contributed by atoms with van der Waals surface area (Å²) >= 11 is 16.9. The van der Waals surface area contributed by atoms with Crippen LogP contribution in [0.15, 0.2) is 170 Å². The first-order valence-electron chi connectivity index (χ1n) is 20.0. The van der Waals surface area contributed by atoms with E-state index in [1.165, 1.54) is 43.1 Å². The Morgan fingerprint density at radius 2 is 0.833 bits per heavy atom. The summed E-state index contributed by atoms with van der Waals surface area (Å²) in [6, 6.07) is 34.9. The van der Waals surface area contributed by atoms with Crippen molar-refractivity contribution in [3.8, 4) is 0 Å². The third-order valence-electron chi connectivity index (χ3n) is 10.2. The quantitative estimate of drug-likeness (QED) is 0.0305. The number of rotatable bonds is 23. The molecule has 0 saturated heterocycles. The van der Waals surface area contributed by atoms with Crippen LogP contribution in [0.1, 0.15) is 36.8 Å². The zero-order valence-electron chi connectivity index (χ0n) is 34.1. The lowest BCUT2D eigenvalue weighted by Gasteiger charge is -2.25. The van der Waals surface area contributed by atoms with Gasteiger partial charge in [0.05, 0.1) is 22.1 Å². The maximum Gasteiger partial charge on any atom is 0.216 e. The lowest BCUT2D eigenvalue weighted by atomic mass is 10.1. The standard InChI is InChI=1S/C50H54Cl2N4S2.2BrH/c1-5-9-27-53(28-10-6-2)47-25-31-55(49-35-41(51)17-23-45(47)49)37-39-13-19-43(20-14-39)57-33-34-58-44-21-15-40(16-22-44)38-56-32-26-48(46-24-18-42(52)36-50(46)56)54(29-11-7-3)30-12-8-4;;/h5-8,13-26,31-32,35-36H,1-4,9-12,27-30,33-34,37-38H2;2*1H/q+2;;/p-2. The van der Waals surface area contributed by atoms with Gasteiger partial charge in [0.2, 0.25) is 11.0 Å². The normalized spacial score (nSPS) is 10.8. The molecule has 0 aliphatic heterocycles. The van der Waals surface area contributed by atoms with Crippen LogP contribution in [0.5, 0.6) is 0 Å². The van der Waals surface area contributed by atoms with E-state index in [2.05, 4.69) is 143 Å². The number of benzene rings is 4. The Bertz CT molecular complexity index is 2150. The molecule has 314 valence electrons. The van der Waals surface area contributed by atoms with Gasteiger partial charge in [0.1, 0.15) is 0 Å². The summed E-state index contributed by atoms with van der Waals surface area (Å²) in [7, 11) is 0. The van der Waals surface area contributed by atoms with Crippen molar-refractivity contribution in [3.63, 3.8) is 0 Å². The molecular formula is C50H54Br2Cl2N4S2. The molecule has 4 aromatic carbocycles. The molecule has 0 bridgehead atoms. The van der Waals surface area contributed by atoms with Crippen LogP contribution < -0.4 is 52.9 Å². The van der Waals surface area contributed by atoms with Crippen LogP contribution in [0.25, 0.3) is 21.8 Å². The van der Waals surface area contributed by atoms with Gasteiger partial charge in [-0.1, -0.05) is 71.8 Å². The van der Waals surface area contributed by atoms with Crippen molar-refractivity contribution in [1.29, 1.82) is 0 Å². The molecule has 0 unspecified atom stereocenters. The molecule has 0 atom stereocenters. The second kappa shape index (κ2) is 25.4. The van der Waals surface area contributed by atoms with Crippen LogP contribution in [0.3, 0.4) is 0 Å². The predicted octanol–water partition coefficient (Wildman–Crippen LogP) is 6.78. The lowest BCUT2D eigenvalue weighted by Crippen LogP contribution is -3.00. The molecule has 10 heteroatoms. The summed E-state index contributed by atoms with van der Waals surface area (Å²) in [5, 5.41) is 3.88. The Morgan fingerprint density at radius 3 is 1.17 bits per heavy atom. The van der Waals surface area contributed by atoms with Crippen LogP contribution in [0, 0.1) is 0 Å². The van der Waals surface area contributed by atoms with E-state index in [0.29, 0.717) is 0 Å². The number of hydrogen-bond acceptors (Lipinski definition) is 4. The van der Waals surface area contributed by atoms with E-state index in [4.69, 9.17) is 23.2 Å². The molecule has 6 rings (SSSR count). The highest BCUT2D eigenvalue weighted by atomic mass is 79.9. The smallest absolute Gasteiger partial charge is 0.216 e. The lowest BCUT2D eigenvalue weighted by molar-refractivity contribution is -0.662. The van der Waals surface area contributed by atoms with Crippen molar-refractivity contribution >= 4 is 79.9 Å². The van der Waals surface area contributed by atoms with Crippen LogP contribution in [-0.2, 0) is 13.1 Å². The minimum atomic E-state index is 0. The van der Waals surface area contributed by atoms with Crippen molar-refractivity contribution in [2.45, 2.75) is 48.6 Å². The fourth-order valence-electron chi connectivity index (χ4n) is 7.20. The maximum absolute atomic E-state index is 6.54. The van der Waals surface area contributed by atoms with Crippen LogP contribution >= 0.6 is 46.7 Å². The fourth-order valence-corrected chi connectivity index (χ4v) is 9.32. The zero-order valence-corrected chi connectivity index (χ0v) is 40.4. The molecule has 4 nitrogen and oxygen atoms in total. The Hall–Kier alpha value is -3.50. The van der Waals surface area contributed by atoms with Gasteiger partial charge in [-0.3, -0.25) is 0 Å². The summed E-state index contributed by atoms with van der Waals surface area (Å²) in [5.41, 5.74) is 7.20. The molecule has 0 aliphatic rings. The first-order chi connectivity index (χ1) is 28.4. The van der Waals surface area contributed by atoms with Gasteiger partial charge in [-0.05, 0) is 74.2 Å². The maximum atomic E-state index is 6.54. The monoisotopic (exact) mass is 1000 g/mol. The van der Waals surface area contributed by atoms with Crippen molar-refractivity contribution in [1.82, 2.24) is 0 Å². The minimum absolute atomic E-state index is 0. The number of nitrogens with zero attached hydrogens (tertiary/aromatic N) is 4. The van der Waals surface area contributed by atoms with Gasteiger partial charge in [0.15, 0.2) is 25.5 Å². The highest BCUT2D eigenvalue weighted by Crippen LogP contribution is 2.30. The molecule has 60 heavy (non-hydrogen) atoms. The van der Waals surface area contributed by atoms with Crippen molar-refractivity contribution in [2.24, 2.45) is 0 Å². The Morgan fingerprint density at radius 1 is 0.483 bits per heavy atom. The van der Waals surface area contributed by atoms with Gasteiger partial charge >= 0.3 is 0 Å². The number of anilines is 2. The number of hydrogen-bond donors (Lipinski definition) is 0. The molecule has 0 aliphatic carbocycles. The van der Waals surface area contributed by atoms with Gasteiger partial charge in [-0.15, -0.1) is 49.8 Å². The molecule has 2 heterocycles. The molecule has 0 spiro atoms. The average Bonchev–Trinajstić information content (AvgIpc) is 3.24. The van der Waals surface area contributed by atoms with Gasteiger partial charge in [-0.25, -0.2) is 0 Å². The van der Waals surface area contributed by atoms with Gasteiger partial charge in [0.25, 0.3) is 0 Å². The highest BCUT2D eigenvalue weighted by Gasteiger charge is 2.20. The molecule has 6 aromatic rings. The third-order valence-corrected chi connectivity index (χ3v) is 12.9. The Balaban J connectivity index is 0.00000397.